The number of carbonyl (C=O) groups excluding carboxylic acids is 2. The summed E-state index contributed by atoms with van der Waals surface area (Å²) in [5.41, 5.74) is 9.31. The van der Waals surface area contributed by atoms with Crippen LogP contribution in [0.3, 0.4) is 0 Å². The highest BCUT2D eigenvalue weighted by Gasteiger charge is 2.29. The Balaban J connectivity index is 1.66. The van der Waals surface area contributed by atoms with Gasteiger partial charge in [-0.2, -0.15) is 0 Å². The SMILES string of the molecule is CC(C)COC(=O)Oc1ccc(C[C@@H](N)C(=O)N2CC(C)Cc3ccccc32)c(Br)c1. The molecule has 1 aliphatic rings. The summed E-state index contributed by atoms with van der Waals surface area (Å²) >= 11 is 3.50. The molecule has 166 valence electrons. The van der Waals surface area contributed by atoms with Gasteiger partial charge in [-0.25, -0.2) is 4.79 Å². The van der Waals surface area contributed by atoms with Gasteiger partial charge in [0.05, 0.1) is 12.6 Å². The molecule has 2 aromatic rings. The van der Waals surface area contributed by atoms with Gasteiger partial charge >= 0.3 is 6.16 Å². The fraction of sp³-hybridized carbons (Fsp3) is 0.417. The molecular weight excluding hydrogens is 460 g/mol. The van der Waals surface area contributed by atoms with E-state index in [0.717, 1.165) is 22.1 Å². The molecular formula is C24H29BrN2O4. The van der Waals surface area contributed by atoms with E-state index in [0.29, 0.717) is 31.2 Å². The molecule has 0 bridgehead atoms. The maximum Gasteiger partial charge on any atom is 0.513 e. The molecule has 0 spiro atoms. The molecule has 0 fully saturated rings. The largest absolute Gasteiger partial charge is 0.513 e. The maximum atomic E-state index is 13.2. The first-order valence-electron chi connectivity index (χ1n) is 10.5. The van der Waals surface area contributed by atoms with E-state index in [1.165, 1.54) is 5.56 Å². The Morgan fingerprint density at radius 2 is 1.97 bits per heavy atom. The zero-order chi connectivity index (χ0) is 22.5. The van der Waals surface area contributed by atoms with Crippen LogP contribution in [0, 0.1) is 11.8 Å². The molecule has 1 amide bonds. The van der Waals surface area contributed by atoms with Crippen molar-refractivity contribution in [2.45, 2.75) is 39.7 Å². The van der Waals surface area contributed by atoms with Gasteiger partial charge in [0.25, 0.3) is 0 Å². The summed E-state index contributed by atoms with van der Waals surface area (Å²) in [5, 5.41) is 0. The number of nitrogens with two attached hydrogens (primary N) is 1. The number of benzene rings is 2. The van der Waals surface area contributed by atoms with E-state index in [9.17, 15) is 9.59 Å². The Kier molecular flexibility index (Phi) is 7.73. The second kappa shape index (κ2) is 10.3. The van der Waals surface area contributed by atoms with Gasteiger partial charge in [0, 0.05) is 16.7 Å². The second-order valence-corrected chi connectivity index (χ2v) is 9.36. The maximum absolute atomic E-state index is 13.2. The summed E-state index contributed by atoms with van der Waals surface area (Å²) in [6.45, 7) is 7.01. The Labute approximate surface area is 191 Å². The van der Waals surface area contributed by atoms with Crippen molar-refractivity contribution < 1.29 is 19.1 Å². The number of para-hydroxylation sites is 1. The van der Waals surface area contributed by atoms with Crippen LogP contribution in [-0.2, 0) is 22.4 Å². The van der Waals surface area contributed by atoms with E-state index in [-0.39, 0.29) is 11.8 Å². The predicted molar refractivity (Wildman–Crippen MR) is 124 cm³/mol. The zero-order valence-corrected chi connectivity index (χ0v) is 19.7. The number of anilines is 1. The molecule has 0 aliphatic carbocycles. The Morgan fingerprint density at radius 3 is 2.68 bits per heavy atom. The van der Waals surface area contributed by atoms with Gasteiger partial charge in [0.2, 0.25) is 5.91 Å². The Bertz CT molecular complexity index is 947. The number of hydrogen-bond acceptors (Lipinski definition) is 5. The first-order chi connectivity index (χ1) is 14.7. The molecule has 3 rings (SSSR count). The van der Waals surface area contributed by atoms with Crippen LogP contribution < -0.4 is 15.4 Å². The van der Waals surface area contributed by atoms with Crippen molar-refractivity contribution in [2.24, 2.45) is 17.6 Å². The van der Waals surface area contributed by atoms with Gasteiger partial charge in [-0.15, -0.1) is 0 Å². The molecule has 2 aromatic carbocycles. The van der Waals surface area contributed by atoms with Crippen molar-refractivity contribution in [2.75, 3.05) is 18.1 Å². The van der Waals surface area contributed by atoms with E-state index in [1.54, 1.807) is 18.2 Å². The van der Waals surface area contributed by atoms with Crippen molar-refractivity contribution in [1.82, 2.24) is 0 Å². The van der Waals surface area contributed by atoms with Crippen molar-refractivity contribution in [3.05, 3.63) is 58.1 Å². The third-order valence-corrected chi connectivity index (χ3v) is 5.87. The van der Waals surface area contributed by atoms with E-state index in [1.807, 2.05) is 36.9 Å². The minimum atomic E-state index is -0.738. The van der Waals surface area contributed by atoms with E-state index >= 15 is 0 Å². The standard InChI is InChI=1S/C24H29BrN2O4/c1-15(2)14-30-24(29)31-19-9-8-17(20(25)12-19)11-21(26)23(28)27-13-16(3)10-18-6-4-5-7-22(18)27/h4-9,12,15-16,21H,10-11,13-14,26H2,1-3H3/t16?,21-/m1/s1. The molecule has 31 heavy (non-hydrogen) atoms. The highest BCUT2D eigenvalue weighted by Crippen LogP contribution is 2.30. The minimum absolute atomic E-state index is 0.0940. The summed E-state index contributed by atoms with van der Waals surface area (Å²) in [6.07, 6.45) is 0.588. The lowest BCUT2D eigenvalue weighted by atomic mass is 9.93. The average molecular weight is 489 g/mol. The fourth-order valence-corrected chi connectivity index (χ4v) is 4.17. The Hall–Kier alpha value is -2.38. The van der Waals surface area contributed by atoms with Crippen molar-refractivity contribution in [1.29, 1.82) is 0 Å². The van der Waals surface area contributed by atoms with Gasteiger partial charge in [-0.05, 0) is 54.0 Å². The summed E-state index contributed by atoms with van der Waals surface area (Å²) < 4.78 is 11.0. The first-order valence-corrected chi connectivity index (χ1v) is 11.3. The number of ether oxygens (including phenoxy) is 2. The van der Waals surface area contributed by atoms with Crippen LogP contribution in [0.25, 0.3) is 0 Å². The quantitative estimate of drug-likeness (QED) is 0.469. The van der Waals surface area contributed by atoms with Gasteiger partial charge in [0.1, 0.15) is 5.75 Å². The lowest BCUT2D eigenvalue weighted by Crippen LogP contribution is -2.48. The molecule has 1 heterocycles. The normalized spacial score (nSPS) is 16.6. The summed E-state index contributed by atoms with van der Waals surface area (Å²) in [4.78, 5) is 26.7. The van der Waals surface area contributed by atoms with Crippen LogP contribution in [0.15, 0.2) is 46.9 Å². The third-order valence-electron chi connectivity index (χ3n) is 5.13. The molecule has 0 saturated carbocycles. The number of fused-ring (bicyclic) bond motifs is 1. The number of rotatable bonds is 6. The monoisotopic (exact) mass is 488 g/mol. The Morgan fingerprint density at radius 1 is 1.23 bits per heavy atom. The van der Waals surface area contributed by atoms with E-state index in [2.05, 4.69) is 28.9 Å². The van der Waals surface area contributed by atoms with Crippen LogP contribution in [0.5, 0.6) is 5.75 Å². The van der Waals surface area contributed by atoms with Crippen LogP contribution in [-0.4, -0.2) is 31.3 Å². The molecule has 6 nitrogen and oxygen atoms in total. The van der Waals surface area contributed by atoms with Gasteiger partial charge in [0.15, 0.2) is 0 Å². The fourth-order valence-electron chi connectivity index (χ4n) is 3.65. The number of hydrogen-bond donors (Lipinski definition) is 1. The van der Waals surface area contributed by atoms with Crippen LogP contribution in [0.1, 0.15) is 31.9 Å². The van der Waals surface area contributed by atoms with Gasteiger partial charge in [-0.3, -0.25) is 4.79 Å². The summed E-state index contributed by atoms with van der Waals surface area (Å²) in [6, 6.07) is 12.5. The molecule has 0 aromatic heterocycles. The van der Waals surface area contributed by atoms with Crippen LogP contribution >= 0.6 is 15.9 Å². The minimum Gasteiger partial charge on any atom is -0.434 e. The average Bonchev–Trinajstić information content (AvgIpc) is 2.73. The van der Waals surface area contributed by atoms with Gasteiger partial charge in [-0.1, -0.05) is 61.0 Å². The molecule has 1 unspecified atom stereocenters. The summed E-state index contributed by atoms with van der Waals surface area (Å²) in [5.74, 6) is 0.881. The zero-order valence-electron chi connectivity index (χ0n) is 18.1. The third kappa shape index (κ3) is 6.08. The topological polar surface area (TPSA) is 81.9 Å². The number of nitrogens with zero attached hydrogens (tertiary/aromatic N) is 1. The predicted octanol–water partition coefficient (Wildman–Crippen LogP) is 4.72. The molecule has 7 heteroatoms. The lowest BCUT2D eigenvalue weighted by molar-refractivity contribution is -0.120. The highest BCUT2D eigenvalue weighted by molar-refractivity contribution is 9.10. The van der Waals surface area contributed by atoms with Crippen molar-refractivity contribution in [3.8, 4) is 5.75 Å². The van der Waals surface area contributed by atoms with Gasteiger partial charge < -0.3 is 20.1 Å². The number of amides is 1. The van der Waals surface area contributed by atoms with Crippen LogP contribution in [0.2, 0.25) is 0 Å². The first kappa shape index (κ1) is 23.3. The molecule has 0 radical (unpaired) electrons. The van der Waals surface area contributed by atoms with Crippen LogP contribution in [0.4, 0.5) is 10.5 Å². The molecule has 2 atom stereocenters. The number of carbonyl (C=O) groups is 2. The van der Waals surface area contributed by atoms with E-state index < -0.39 is 12.2 Å². The van der Waals surface area contributed by atoms with Crippen molar-refractivity contribution in [3.63, 3.8) is 0 Å². The molecule has 1 aliphatic heterocycles. The number of halogens is 1. The molecule has 2 N–H and O–H groups in total. The van der Waals surface area contributed by atoms with Crippen molar-refractivity contribution >= 4 is 33.7 Å². The smallest absolute Gasteiger partial charge is 0.434 e. The lowest BCUT2D eigenvalue weighted by Gasteiger charge is -2.34. The van der Waals surface area contributed by atoms with E-state index in [4.69, 9.17) is 15.2 Å². The second-order valence-electron chi connectivity index (χ2n) is 8.51. The summed E-state index contributed by atoms with van der Waals surface area (Å²) in [7, 11) is 0. The molecule has 0 saturated heterocycles. The highest BCUT2D eigenvalue weighted by atomic mass is 79.9.